The largest absolute Gasteiger partial charge is 0.396 e. The Bertz CT molecular complexity index is 591. The van der Waals surface area contributed by atoms with Crippen LogP contribution in [-0.2, 0) is 0 Å². The number of carbonyl (C=O) groups is 1. The predicted octanol–water partition coefficient (Wildman–Crippen LogP) is 3.44. The van der Waals surface area contributed by atoms with Crippen molar-refractivity contribution in [3.63, 3.8) is 0 Å². The fourth-order valence-electron chi connectivity index (χ4n) is 2.29. The van der Waals surface area contributed by atoms with Gasteiger partial charge in [0.25, 0.3) is 5.91 Å². The van der Waals surface area contributed by atoms with Crippen LogP contribution in [0.1, 0.15) is 34.5 Å². The van der Waals surface area contributed by atoms with E-state index in [2.05, 4.69) is 12.1 Å². The normalized spacial score (nSPS) is 10.9. The summed E-state index contributed by atoms with van der Waals surface area (Å²) in [5.41, 5.74) is 1.08. The van der Waals surface area contributed by atoms with Gasteiger partial charge in [0.15, 0.2) is 0 Å². The van der Waals surface area contributed by atoms with E-state index in [1.54, 1.807) is 16.2 Å². The maximum atomic E-state index is 12.5. The maximum Gasteiger partial charge on any atom is 0.263 e. The van der Waals surface area contributed by atoms with Crippen molar-refractivity contribution in [1.82, 2.24) is 4.90 Å². The summed E-state index contributed by atoms with van der Waals surface area (Å²) in [5.74, 6) is 0.104. The SMILES string of the molecule is Cc1c(C(=O)N(C)CCCCCO)sc2ccccc12. The topological polar surface area (TPSA) is 40.5 Å². The van der Waals surface area contributed by atoms with Crippen molar-refractivity contribution < 1.29 is 9.90 Å². The Kier molecular flexibility index (Phi) is 5.15. The standard InChI is InChI=1S/C16H21NO2S/c1-12-13-8-4-5-9-14(13)20-15(12)16(19)17(2)10-6-3-7-11-18/h4-5,8-9,18H,3,6-7,10-11H2,1-2H3. The first-order valence-corrected chi connectivity index (χ1v) is 7.81. The summed E-state index contributed by atoms with van der Waals surface area (Å²) in [4.78, 5) is 15.1. The quantitative estimate of drug-likeness (QED) is 0.828. The highest BCUT2D eigenvalue weighted by molar-refractivity contribution is 7.21. The molecule has 0 aliphatic carbocycles. The van der Waals surface area contributed by atoms with Gasteiger partial charge in [-0.15, -0.1) is 11.3 Å². The first-order chi connectivity index (χ1) is 9.65. The Morgan fingerprint density at radius 2 is 2.00 bits per heavy atom. The van der Waals surface area contributed by atoms with E-state index in [4.69, 9.17) is 5.11 Å². The molecule has 0 saturated carbocycles. The molecule has 4 heteroatoms. The van der Waals surface area contributed by atoms with Crippen molar-refractivity contribution in [2.45, 2.75) is 26.2 Å². The number of hydrogen-bond donors (Lipinski definition) is 1. The molecule has 0 radical (unpaired) electrons. The van der Waals surface area contributed by atoms with Gasteiger partial charge in [-0.05, 0) is 43.2 Å². The van der Waals surface area contributed by atoms with Crippen LogP contribution in [0.2, 0.25) is 0 Å². The number of fused-ring (bicyclic) bond motifs is 1. The highest BCUT2D eigenvalue weighted by atomic mass is 32.1. The predicted molar refractivity (Wildman–Crippen MR) is 84.5 cm³/mol. The number of nitrogens with zero attached hydrogens (tertiary/aromatic N) is 1. The smallest absolute Gasteiger partial charge is 0.263 e. The Hall–Kier alpha value is -1.39. The minimum atomic E-state index is 0.104. The van der Waals surface area contributed by atoms with E-state index in [1.165, 1.54) is 10.1 Å². The molecule has 0 aliphatic heterocycles. The second kappa shape index (κ2) is 6.86. The van der Waals surface area contributed by atoms with E-state index < -0.39 is 0 Å². The van der Waals surface area contributed by atoms with E-state index in [-0.39, 0.29) is 12.5 Å². The summed E-state index contributed by atoms with van der Waals surface area (Å²) in [6.07, 6.45) is 2.70. The molecule has 1 amide bonds. The number of hydrogen-bond acceptors (Lipinski definition) is 3. The lowest BCUT2D eigenvalue weighted by molar-refractivity contribution is 0.0796. The van der Waals surface area contributed by atoms with E-state index in [9.17, 15) is 4.79 Å². The molecular weight excluding hydrogens is 270 g/mol. The van der Waals surface area contributed by atoms with Crippen LogP contribution in [0.4, 0.5) is 0 Å². The van der Waals surface area contributed by atoms with Gasteiger partial charge in [-0.25, -0.2) is 0 Å². The zero-order valence-corrected chi connectivity index (χ0v) is 12.9. The van der Waals surface area contributed by atoms with Crippen LogP contribution < -0.4 is 0 Å². The van der Waals surface area contributed by atoms with Crippen LogP contribution in [0.5, 0.6) is 0 Å². The minimum absolute atomic E-state index is 0.104. The van der Waals surface area contributed by atoms with Crippen molar-refractivity contribution in [2.24, 2.45) is 0 Å². The minimum Gasteiger partial charge on any atom is -0.396 e. The van der Waals surface area contributed by atoms with Crippen molar-refractivity contribution in [2.75, 3.05) is 20.2 Å². The third-order valence-electron chi connectivity index (χ3n) is 3.54. The molecule has 0 saturated heterocycles. The molecule has 0 bridgehead atoms. The zero-order chi connectivity index (χ0) is 14.5. The van der Waals surface area contributed by atoms with Gasteiger partial charge in [-0.3, -0.25) is 4.79 Å². The molecule has 0 aliphatic rings. The van der Waals surface area contributed by atoms with Gasteiger partial charge in [0.1, 0.15) is 0 Å². The molecular formula is C16H21NO2S. The molecule has 20 heavy (non-hydrogen) atoms. The van der Waals surface area contributed by atoms with E-state index in [1.807, 2.05) is 26.1 Å². The molecule has 2 aromatic rings. The van der Waals surface area contributed by atoms with Crippen molar-refractivity contribution in [3.05, 3.63) is 34.7 Å². The maximum absolute atomic E-state index is 12.5. The third kappa shape index (κ3) is 3.19. The number of unbranched alkanes of at least 4 members (excludes halogenated alkanes) is 2. The molecule has 1 aromatic carbocycles. The first kappa shape index (κ1) is 15.0. The number of aryl methyl sites for hydroxylation is 1. The summed E-state index contributed by atoms with van der Waals surface area (Å²) in [5, 5.41) is 9.93. The number of carbonyl (C=O) groups excluding carboxylic acids is 1. The average Bonchev–Trinajstić information content (AvgIpc) is 2.80. The molecule has 108 valence electrons. The van der Waals surface area contributed by atoms with E-state index >= 15 is 0 Å². The Morgan fingerprint density at radius 3 is 2.70 bits per heavy atom. The van der Waals surface area contributed by atoms with Gasteiger partial charge in [-0.2, -0.15) is 0 Å². The van der Waals surface area contributed by atoms with E-state index in [0.29, 0.717) is 0 Å². The monoisotopic (exact) mass is 291 g/mol. The third-order valence-corrected chi connectivity index (χ3v) is 4.80. The lowest BCUT2D eigenvalue weighted by Gasteiger charge is -2.16. The van der Waals surface area contributed by atoms with Gasteiger partial charge >= 0.3 is 0 Å². The number of thiophene rings is 1. The van der Waals surface area contributed by atoms with Crippen LogP contribution in [-0.4, -0.2) is 36.1 Å². The molecule has 1 heterocycles. The molecule has 0 fully saturated rings. The molecule has 0 atom stereocenters. The fourth-order valence-corrected chi connectivity index (χ4v) is 3.49. The second-order valence-corrected chi connectivity index (χ2v) is 6.12. The summed E-state index contributed by atoms with van der Waals surface area (Å²) < 4.78 is 1.17. The highest BCUT2D eigenvalue weighted by Crippen LogP contribution is 2.31. The molecule has 0 spiro atoms. The number of aliphatic hydroxyl groups excluding tert-OH is 1. The number of rotatable bonds is 6. The summed E-state index contributed by atoms with van der Waals surface area (Å²) in [6.45, 7) is 2.99. The van der Waals surface area contributed by atoms with E-state index in [0.717, 1.165) is 36.2 Å². The average molecular weight is 291 g/mol. The van der Waals surface area contributed by atoms with Gasteiger partial charge in [0, 0.05) is 24.9 Å². The highest BCUT2D eigenvalue weighted by Gasteiger charge is 2.18. The summed E-state index contributed by atoms with van der Waals surface area (Å²) >= 11 is 1.57. The van der Waals surface area contributed by atoms with Gasteiger partial charge in [-0.1, -0.05) is 18.2 Å². The van der Waals surface area contributed by atoms with Crippen molar-refractivity contribution >= 4 is 27.3 Å². The van der Waals surface area contributed by atoms with Crippen molar-refractivity contribution in [1.29, 1.82) is 0 Å². The number of benzene rings is 1. The van der Waals surface area contributed by atoms with Gasteiger partial charge in [0.2, 0.25) is 0 Å². The Balaban J connectivity index is 2.08. The Morgan fingerprint density at radius 1 is 1.25 bits per heavy atom. The first-order valence-electron chi connectivity index (χ1n) is 6.99. The number of amides is 1. The Labute approximate surface area is 123 Å². The van der Waals surface area contributed by atoms with Crippen LogP contribution in [0.3, 0.4) is 0 Å². The lowest BCUT2D eigenvalue weighted by atomic mass is 10.1. The summed E-state index contributed by atoms with van der Waals surface area (Å²) in [7, 11) is 1.85. The zero-order valence-electron chi connectivity index (χ0n) is 12.1. The van der Waals surface area contributed by atoms with Gasteiger partial charge < -0.3 is 10.0 Å². The molecule has 0 unspecified atom stereocenters. The van der Waals surface area contributed by atoms with Crippen LogP contribution in [0.15, 0.2) is 24.3 Å². The fraction of sp³-hybridized carbons (Fsp3) is 0.438. The second-order valence-electron chi connectivity index (χ2n) is 5.06. The number of aliphatic hydroxyl groups is 1. The molecule has 1 N–H and O–H groups in total. The summed E-state index contributed by atoms with van der Waals surface area (Å²) in [6, 6.07) is 8.14. The lowest BCUT2D eigenvalue weighted by Crippen LogP contribution is -2.27. The van der Waals surface area contributed by atoms with Crippen LogP contribution in [0, 0.1) is 6.92 Å². The van der Waals surface area contributed by atoms with Crippen molar-refractivity contribution in [3.8, 4) is 0 Å². The van der Waals surface area contributed by atoms with Crippen LogP contribution >= 0.6 is 11.3 Å². The van der Waals surface area contributed by atoms with Gasteiger partial charge in [0.05, 0.1) is 4.88 Å². The molecule has 3 nitrogen and oxygen atoms in total. The van der Waals surface area contributed by atoms with Crippen LogP contribution in [0.25, 0.3) is 10.1 Å². The molecule has 2 rings (SSSR count). The molecule has 1 aromatic heterocycles.